The molecule has 1 aromatic carbocycles. The Bertz CT molecular complexity index is 993. The van der Waals surface area contributed by atoms with Crippen molar-refractivity contribution in [2.45, 2.75) is 32.4 Å². The quantitative estimate of drug-likeness (QED) is 0.517. The van der Waals surface area contributed by atoms with Gasteiger partial charge in [-0.1, -0.05) is 37.3 Å². The van der Waals surface area contributed by atoms with Gasteiger partial charge in [-0.15, -0.1) is 0 Å². The second kappa shape index (κ2) is 7.51. The number of nitrogens with one attached hydrogen (secondary N) is 1. The normalized spacial score (nSPS) is 21.9. The van der Waals surface area contributed by atoms with Gasteiger partial charge in [-0.25, -0.2) is 10.5 Å². The lowest BCUT2D eigenvalue weighted by Crippen LogP contribution is -2.32. The third-order valence-corrected chi connectivity index (χ3v) is 5.26. The summed E-state index contributed by atoms with van der Waals surface area (Å²) in [4.78, 5) is 29.5. The lowest BCUT2D eigenvalue weighted by molar-refractivity contribution is -0.139. The van der Waals surface area contributed by atoms with Crippen LogP contribution in [-0.4, -0.2) is 25.4 Å². The molecule has 9 heteroatoms. The van der Waals surface area contributed by atoms with Crippen LogP contribution in [0.15, 0.2) is 36.7 Å². The third kappa shape index (κ3) is 3.53. The van der Waals surface area contributed by atoms with Crippen molar-refractivity contribution in [2.75, 3.05) is 5.73 Å². The minimum absolute atomic E-state index is 0.0101. The van der Waals surface area contributed by atoms with E-state index in [9.17, 15) is 9.18 Å². The first-order chi connectivity index (χ1) is 13.5. The number of halogens is 1. The van der Waals surface area contributed by atoms with Crippen LogP contribution >= 0.6 is 0 Å². The highest BCUT2D eigenvalue weighted by molar-refractivity contribution is 5.81. The second-order valence-corrected chi connectivity index (χ2v) is 7.15. The van der Waals surface area contributed by atoms with Crippen LogP contribution in [0.25, 0.3) is 11.2 Å². The molecule has 0 spiro atoms. The Labute approximate surface area is 160 Å². The van der Waals surface area contributed by atoms with Crippen LogP contribution in [-0.2, 0) is 16.2 Å². The molecule has 1 aliphatic rings. The number of fused-ring (bicyclic) bond motifs is 1. The Morgan fingerprint density at radius 3 is 2.89 bits per heavy atom. The molecule has 146 valence electrons. The van der Waals surface area contributed by atoms with Gasteiger partial charge in [0.1, 0.15) is 5.52 Å². The highest BCUT2D eigenvalue weighted by Crippen LogP contribution is 2.40. The maximum absolute atomic E-state index is 13.6. The van der Waals surface area contributed by atoms with Gasteiger partial charge in [0.2, 0.25) is 5.91 Å². The number of imidazole rings is 1. The van der Waals surface area contributed by atoms with Gasteiger partial charge >= 0.3 is 6.08 Å². The van der Waals surface area contributed by atoms with Gasteiger partial charge in [0.15, 0.2) is 11.5 Å². The Balaban J connectivity index is 1.42. The van der Waals surface area contributed by atoms with E-state index < -0.39 is 6.08 Å². The minimum atomic E-state index is -0.888. The monoisotopic (exact) mass is 384 g/mol. The van der Waals surface area contributed by atoms with E-state index in [2.05, 4.69) is 20.4 Å². The van der Waals surface area contributed by atoms with Crippen LogP contribution in [0.4, 0.5) is 10.2 Å². The van der Waals surface area contributed by atoms with E-state index in [0.717, 1.165) is 12.0 Å². The number of aromatic nitrogens is 4. The fraction of sp³-hybridized carbons (Fsp3) is 0.368. The molecule has 2 aromatic heterocycles. The number of benzene rings is 1. The van der Waals surface area contributed by atoms with Gasteiger partial charge in [-0.2, -0.15) is 14.4 Å². The van der Waals surface area contributed by atoms with E-state index >= 15 is 0 Å². The van der Waals surface area contributed by atoms with Gasteiger partial charge in [-0.05, 0) is 24.3 Å². The summed E-state index contributed by atoms with van der Waals surface area (Å²) in [6.07, 6.45) is 2.02. The average molecular weight is 384 g/mol. The smallest absolute Gasteiger partial charge is 0.312 e. The van der Waals surface area contributed by atoms with Crippen molar-refractivity contribution < 1.29 is 14.0 Å². The molecule has 0 saturated heterocycles. The molecule has 0 aliphatic heterocycles. The van der Waals surface area contributed by atoms with Gasteiger partial charge in [0, 0.05) is 12.0 Å². The summed E-state index contributed by atoms with van der Waals surface area (Å²) in [5.74, 6) is -0.236. The molecule has 4 rings (SSSR count). The Kier molecular flexibility index (Phi) is 4.91. The van der Waals surface area contributed by atoms with Crippen LogP contribution in [0.5, 0.6) is 0 Å². The van der Waals surface area contributed by atoms with Crippen molar-refractivity contribution in [3.8, 4) is 0 Å². The number of rotatable bonds is 5. The van der Waals surface area contributed by atoms with Crippen LogP contribution in [0, 0.1) is 17.9 Å². The van der Waals surface area contributed by atoms with Crippen LogP contribution in [0.2, 0.25) is 0 Å². The Morgan fingerprint density at radius 1 is 1.32 bits per heavy atom. The molecule has 3 N–H and O–H groups in total. The number of nitrogens with two attached hydrogens (primary N) is 1. The Morgan fingerprint density at radius 2 is 2.11 bits per heavy atom. The van der Waals surface area contributed by atoms with E-state index in [-0.39, 0.29) is 29.6 Å². The van der Waals surface area contributed by atoms with Crippen molar-refractivity contribution in [1.82, 2.24) is 25.0 Å². The molecule has 0 radical (unpaired) electrons. The van der Waals surface area contributed by atoms with E-state index in [1.807, 2.05) is 37.3 Å². The summed E-state index contributed by atoms with van der Waals surface area (Å²) in [6.45, 7) is 2.32. The number of nitrogen functional groups attached to an aromatic ring is 1. The predicted octanol–water partition coefficient (Wildman–Crippen LogP) is 2.38. The van der Waals surface area contributed by atoms with Gasteiger partial charge in [0.25, 0.3) is 0 Å². The summed E-state index contributed by atoms with van der Waals surface area (Å²) < 4.78 is 15.4. The molecule has 0 bridgehead atoms. The molecule has 2 heterocycles. The molecule has 8 nitrogen and oxygen atoms in total. The first kappa shape index (κ1) is 18.3. The van der Waals surface area contributed by atoms with Crippen LogP contribution < -0.4 is 11.2 Å². The summed E-state index contributed by atoms with van der Waals surface area (Å²) in [7, 11) is 0. The molecule has 3 aromatic rings. The Hall–Kier alpha value is -3.07. The van der Waals surface area contributed by atoms with Crippen LogP contribution in [0.1, 0.15) is 31.4 Å². The zero-order chi connectivity index (χ0) is 19.7. The number of hydrogen-bond donors (Lipinski definition) is 2. The average Bonchev–Trinajstić information content (AvgIpc) is 3.26. The first-order valence-electron chi connectivity index (χ1n) is 9.14. The van der Waals surface area contributed by atoms with E-state index in [0.29, 0.717) is 24.2 Å². The minimum Gasteiger partial charge on any atom is -0.382 e. The number of hydroxylamine groups is 1. The van der Waals surface area contributed by atoms with Gasteiger partial charge in [-0.3, -0.25) is 9.63 Å². The largest absolute Gasteiger partial charge is 0.382 e. The number of carbonyl (C=O) groups is 1. The molecule has 1 saturated carbocycles. The van der Waals surface area contributed by atoms with Crippen LogP contribution in [0.3, 0.4) is 0 Å². The molecular weight excluding hydrogens is 363 g/mol. The van der Waals surface area contributed by atoms with Gasteiger partial charge < -0.3 is 10.3 Å². The SMILES string of the molecule is C[C@H]1C[C@@H](n2cnc3c(N)nc(F)nc32)C[C@@H]1C(=O)NOCc1ccccc1. The molecule has 1 fully saturated rings. The van der Waals surface area contributed by atoms with Crippen molar-refractivity contribution in [1.29, 1.82) is 0 Å². The highest BCUT2D eigenvalue weighted by Gasteiger charge is 2.38. The van der Waals surface area contributed by atoms with E-state index in [4.69, 9.17) is 10.6 Å². The van der Waals surface area contributed by atoms with Crippen molar-refractivity contribution in [2.24, 2.45) is 11.8 Å². The molecule has 28 heavy (non-hydrogen) atoms. The van der Waals surface area contributed by atoms with E-state index in [1.165, 1.54) is 0 Å². The third-order valence-electron chi connectivity index (χ3n) is 5.26. The zero-order valence-corrected chi connectivity index (χ0v) is 15.4. The number of nitrogens with zero attached hydrogens (tertiary/aromatic N) is 4. The molecular formula is C19H21FN6O2. The zero-order valence-electron chi connectivity index (χ0n) is 15.4. The number of carbonyl (C=O) groups excluding carboxylic acids is 1. The number of hydrogen-bond acceptors (Lipinski definition) is 6. The maximum atomic E-state index is 13.6. The summed E-state index contributed by atoms with van der Waals surface area (Å²) in [6, 6.07) is 9.58. The number of anilines is 1. The predicted molar refractivity (Wildman–Crippen MR) is 100.0 cm³/mol. The lowest BCUT2D eigenvalue weighted by atomic mass is 9.98. The molecule has 0 unspecified atom stereocenters. The summed E-state index contributed by atoms with van der Waals surface area (Å²) in [5, 5.41) is 0. The summed E-state index contributed by atoms with van der Waals surface area (Å²) >= 11 is 0. The number of amides is 1. The summed E-state index contributed by atoms with van der Waals surface area (Å²) in [5.41, 5.74) is 9.98. The fourth-order valence-electron chi connectivity index (χ4n) is 3.83. The lowest BCUT2D eigenvalue weighted by Gasteiger charge is -2.15. The van der Waals surface area contributed by atoms with Crippen molar-refractivity contribution >= 4 is 22.9 Å². The van der Waals surface area contributed by atoms with Crippen molar-refractivity contribution in [3.63, 3.8) is 0 Å². The van der Waals surface area contributed by atoms with Gasteiger partial charge in [0.05, 0.1) is 12.9 Å². The highest BCUT2D eigenvalue weighted by atomic mass is 19.1. The van der Waals surface area contributed by atoms with Crippen molar-refractivity contribution in [3.05, 3.63) is 48.3 Å². The fourth-order valence-corrected chi connectivity index (χ4v) is 3.83. The topological polar surface area (TPSA) is 108 Å². The maximum Gasteiger partial charge on any atom is 0.312 e. The molecule has 3 atom stereocenters. The standard InChI is InChI=1S/C19H21FN6O2/c1-11-7-13(26-10-22-15-16(21)23-19(20)24-17(15)26)8-14(11)18(27)25-28-9-12-5-3-2-4-6-12/h2-6,10-11,13-14H,7-9H2,1H3,(H,25,27)(H2,21,23,24)/t11-,13+,14-/m0/s1. The molecule has 1 amide bonds. The second-order valence-electron chi connectivity index (χ2n) is 7.15. The first-order valence-corrected chi connectivity index (χ1v) is 9.14. The van der Waals surface area contributed by atoms with E-state index in [1.54, 1.807) is 10.9 Å². The molecule has 1 aliphatic carbocycles.